The summed E-state index contributed by atoms with van der Waals surface area (Å²) in [6, 6.07) is 1.01. The van der Waals surface area contributed by atoms with Crippen molar-refractivity contribution < 1.29 is 33.4 Å². The van der Waals surface area contributed by atoms with Crippen molar-refractivity contribution in [2.75, 3.05) is 19.0 Å². The van der Waals surface area contributed by atoms with Gasteiger partial charge in [-0.25, -0.2) is 9.59 Å². The third-order valence-electron chi connectivity index (χ3n) is 5.43. The van der Waals surface area contributed by atoms with Crippen LogP contribution in [-0.2, 0) is 40.0 Å². The highest BCUT2D eigenvalue weighted by molar-refractivity contribution is 5.96. The fourth-order valence-electron chi connectivity index (χ4n) is 3.29. The molecular formula is C25H36N4O8. The lowest BCUT2D eigenvalue weighted by atomic mass is 9.99. The van der Waals surface area contributed by atoms with E-state index in [0.29, 0.717) is 6.42 Å². The van der Waals surface area contributed by atoms with Gasteiger partial charge in [-0.3, -0.25) is 19.2 Å². The maximum atomic E-state index is 12.9. The first-order chi connectivity index (χ1) is 17.5. The van der Waals surface area contributed by atoms with Gasteiger partial charge in [0.1, 0.15) is 24.3 Å². The van der Waals surface area contributed by atoms with Crippen LogP contribution in [0.2, 0.25) is 0 Å². The number of carbonyl (C=O) groups excluding carboxylic acids is 5. The zero-order chi connectivity index (χ0) is 28.0. The monoisotopic (exact) mass is 520 g/mol. The fraction of sp³-hybridized carbons (Fsp3) is 0.520. The standard InChI is InChI=1S/C25H36N4O8/c1-6-16(3)22(25(35)36-5)28-20(31)15-29-14-10-12-19(24(29)34)27-23(33)18(26-17(4)30)11-8-9-13-21(32)37-7-2/h9-10,12-14,16,18,22H,6-8,11,15H2,1-5H3,(H,26,30)(H,27,33)(H,28,31)/b13-9+. The van der Waals surface area contributed by atoms with Gasteiger partial charge in [0.25, 0.3) is 5.56 Å². The Balaban J connectivity index is 2.93. The number of methoxy groups -OCH3 is 1. The van der Waals surface area contributed by atoms with Gasteiger partial charge in [0.15, 0.2) is 0 Å². The van der Waals surface area contributed by atoms with E-state index in [1.165, 1.54) is 44.5 Å². The van der Waals surface area contributed by atoms with E-state index in [2.05, 4.69) is 16.0 Å². The van der Waals surface area contributed by atoms with E-state index in [9.17, 15) is 28.8 Å². The second-order valence-corrected chi connectivity index (χ2v) is 8.28. The molecular weight excluding hydrogens is 484 g/mol. The molecule has 12 heteroatoms. The molecule has 1 heterocycles. The highest BCUT2D eigenvalue weighted by Crippen LogP contribution is 2.10. The minimum absolute atomic E-state index is 0.0934. The number of carbonyl (C=O) groups is 5. The number of allylic oxidation sites excluding steroid dienone is 1. The maximum absolute atomic E-state index is 12.9. The van der Waals surface area contributed by atoms with Crippen molar-refractivity contribution in [1.29, 1.82) is 0 Å². The number of amides is 3. The lowest BCUT2D eigenvalue weighted by molar-refractivity contribution is -0.146. The topological polar surface area (TPSA) is 162 Å². The van der Waals surface area contributed by atoms with Crippen molar-refractivity contribution in [2.24, 2.45) is 5.92 Å². The van der Waals surface area contributed by atoms with Crippen LogP contribution < -0.4 is 21.5 Å². The number of rotatable bonds is 14. The second-order valence-electron chi connectivity index (χ2n) is 8.28. The first-order valence-corrected chi connectivity index (χ1v) is 12.0. The van der Waals surface area contributed by atoms with Crippen LogP contribution in [0.1, 0.15) is 47.0 Å². The lowest BCUT2D eigenvalue weighted by Gasteiger charge is -2.22. The maximum Gasteiger partial charge on any atom is 0.330 e. The largest absolute Gasteiger partial charge is 0.467 e. The number of ether oxygens (including phenoxy) is 2. The van der Waals surface area contributed by atoms with Crippen molar-refractivity contribution in [1.82, 2.24) is 15.2 Å². The van der Waals surface area contributed by atoms with Crippen molar-refractivity contribution in [3.63, 3.8) is 0 Å². The Bertz CT molecular complexity index is 1050. The number of pyridine rings is 1. The molecule has 204 valence electrons. The molecule has 3 N–H and O–H groups in total. The molecule has 0 saturated heterocycles. The SMILES string of the molecule is CCOC(=O)/C=C/CCC(NC(C)=O)C(=O)Nc1cccn(CC(=O)NC(C(=O)OC)C(C)CC)c1=O. The summed E-state index contributed by atoms with van der Waals surface area (Å²) in [7, 11) is 1.23. The summed E-state index contributed by atoms with van der Waals surface area (Å²) in [5, 5.41) is 7.59. The zero-order valence-corrected chi connectivity index (χ0v) is 21.9. The van der Waals surface area contributed by atoms with E-state index in [1.54, 1.807) is 13.8 Å². The van der Waals surface area contributed by atoms with Gasteiger partial charge in [-0.15, -0.1) is 0 Å². The van der Waals surface area contributed by atoms with Crippen LogP contribution in [0.25, 0.3) is 0 Å². The number of hydrogen-bond acceptors (Lipinski definition) is 8. The van der Waals surface area contributed by atoms with E-state index >= 15 is 0 Å². The van der Waals surface area contributed by atoms with E-state index in [1.807, 2.05) is 6.92 Å². The molecule has 0 fully saturated rings. The number of aromatic nitrogens is 1. The van der Waals surface area contributed by atoms with Crippen LogP contribution in [-0.4, -0.2) is 60.0 Å². The highest BCUT2D eigenvalue weighted by atomic mass is 16.5. The molecule has 3 unspecified atom stereocenters. The van der Waals surface area contributed by atoms with Gasteiger partial charge in [-0.2, -0.15) is 0 Å². The minimum Gasteiger partial charge on any atom is -0.467 e. The van der Waals surface area contributed by atoms with Crippen LogP contribution >= 0.6 is 0 Å². The van der Waals surface area contributed by atoms with Gasteiger partial charge >= 0.3 is 11.9 Å². The molecule has 1 rings (SSSR count). The van der Waals surface area contributed by atoms with E-state index in [4.69, 9.17) is 9.47 Å². The summed E-state index contributed by atoms with van der Waals surface area (Å²) < 4.78 is 10.6. The normalized spacial score (nSPS) is 13.2. The number of nitrogens with one attached hydrogen (secondary N) is 3. The molecule has 0 aliphatic heterocycles. The number of hydrogen-bond donors (Lipinski definition) is 3. The van der Waals surface area contributed by atoms with E-state index in [-0.39, 0.29) is 37.6 Å². The zero-order valence-electron chi connectivity index (χ0n) is 21.9. The van der Waals surface area contributed by atoms with Gasteiger partial charge in [-0.1, -0.05) is 26.3 Å². The van der Waals surface area contributed by atoms with Gasteiger partial charge in [0, 0.05) is 19.2 Å². The second kappa shape index (κ2) is 15.9. The molecule has 0 radical (unpaired) electrons. The molecule has 0 aromatic carbocycles. The van der Waals surface area contributed by atoms with Crippen LogP contribution in [0.5, 0.6) is 0 Å². The Hall–Kier alpha value is -3.96. The summed E-state index contributed by atoms with van der Waals surface area (Å²) >= 11 is 0. The van der Waals surface area contributed by atoms with Crippen LogP contribution in [0.15, 0.2) is 35.3 Å². The highest BCUT2D eigenvalue weighted by Gasteiger charge is 2.27. The Morgan fingerprint density at radius 1 is 1.14 bits per heavy atom. The smallest absolute Gasteiger partial charge is 0.330 e. The predicted octanol–water partition coefficient (Wildman–Crippen LogP) is 0.895. The summed E-state index contributed by atoms with van der Waals surface area (Å²) in [4.78, 5) is 73.2. The van der Waals surface area contributed by atoms with Gasteiger partial charge in [0.05, 0.1) is 13.7 Å². The van der Waals surface area contributed by atoms with Crippen molar-refractivity contribution >= 4 is 35.3 Å². The minimum atomic E-state index is -0.975. The quantitative estimate of drug-likeness (QED) is 0.241. The molecule has 1 aromatic heterocycles. The number of nitrogens with zero attached hydrogens (tertiary/aromatic N) is 1. The lowest BCUT2D eigenvalue weighted by Crippen LogP contribution is -2.47. The van der Waals surface area contributed by atoms with Gasteiger partial charge < -0.3 is 30.0 Å². The molecule has 3 amide bonds. The van der Waals surface area contributed by atoms with Crippen molar-refractivity contribution in [3.8, 4) is 0 Å². The molecule has 0 aliphatic rings. The number of anilines is 1. The molecule has 12 nitrogen and oxygen atoms in total. The molecule has 0 spiro atoms. The third kappa shape index (κ3) is 10.7. The van der Waals surface area contributed by atoms with Crippen LogP contribution in [0.4, 0.5) is 5.69 Å². The molecule has 0 saturated carbocycles. The summed E-state index contributed by atoms with van der Waals surface area (Å²) in [5.74, 6) is -2.95. The first kappa shape index (κ1) is 31.1. The molecule has 0 aliphatic carbocycles. The summed E-state index contributed by atoms with van der Waals surface area (Å²) in [6.45, 7) is 6.44. The third-order valence-corrected chi connectivity index (χ3v) is 5.43. The van der Waals surface area contributed by atoms with Crippen molar-refractivity contribution in [2.45, 2.75) is 65.6 Å². The Kier molecular flexibility index (Phi) is 13.4. The Labute approximate surface area is 215 Å². The van der Waals surface area contributed by atoms with Crippen molar-refractivity contribution in [3.05, 3.63) is 40.8 Å². The average molecular weight is 521 g/mol. The van der Waals surface area contributed by atoms with Crippen LogP contribution in [0, 0.1) is 5.92 Å². The fourth-order valence-corrected chi connectivity index (χ4v) is 3.29. The molecule has 1 aromatic rings. The Morgan fingerprint density at radius 2 is 1.84 bits per heavy atom. The van der Waals surface area contributed by atoms with Gasteiger partial charge in [0.2, 0.25) is 17.7 Å². The molecule has 37 heavy (non-hydrogen) atoms. The average Bonchev–Trinajstić information content (AvgIpc) is 2.85. The van der Waals surface area contributed by atoms with Gasteiger partial charge in [-0.05, 0) is 37.8 Å². The first-order valence-electron chi connectivity index (χ1n) is 12.0. The summed E-state index contributed by atoms with van der Waals surface area (Å²) in [5.41, 5.74) is -0.739. The number of esters is 2. The predicted molar refractivity (Wildman–Crippen MR) is 135 cm³/mol. The molecule has 3 atom stereocenters. The molecule has 0 bridgehead atoms. The Morgan fingerprint density at radius 3 is 2.43 bits per heavy atom. The van der Waals surface area contributed by atoms with Crippen LogP contribution in [0.3, 0.4) is 0 Å². The summed E-state index contributed by atoms with van der Waals surface area (Å²) in [6.07, 6.45) is 5.20. The van der Waals surface area contributed by atoms with E-state index in [0.717, 1.165) is 4.57 Å². The van der Waals surface area contributed by atoms with E-state index < -0.39 is 47.3 Å².